The molecule has 0 unspecified atom stereocenters. The first kappa shape index (κ1) is 11.3. The van der Waals surface area contributed by atoms with Gasteiger partial charge in [-0.3, -0.25) is 0 Å². The largest absolute Gasteiger partial charge is 0.478 e. The van der Waals surface area contributed by atoms with Gasteiger partial charge in [0, 0.05) is 0 Å². The normalized spacial score (nSPS) is 17.3. The highest BCUT2D eigenvalue weighted by atomic mass is 35.5. The van der Waals surface area contributed by atoms with Gasteiger partial charge in [0.2, 0.25) is 0 Å². The molecule has 5 heteroatoms. The van der Waals surface area contributed by atoms with E-state index >= 15 is 0 Å². The summed E-state index contributed by atoms with van der Waals surface area (Å²) in [5.74, 6) is -0.742. The van der Waals surface area contributed by atoms with E-state index in [0.717, 1.165) is 31.2 Å². The second kappa shape index (κ2) is 4.78. The zero-order valence-electron chi connectivity index (χ0n) is 8.82. The Labute approximate surface area is 98.6 Å². The molecule has 1 aliphatic carbocycles. The van der Waals surface area contributed by atoms with Gasteiger partial charge in [-0.1, -0.05) is 30.9 Å². The van der Waals surface area contributed by atoms with Gasteiger partial charge < -0.3 is 5.11 Å². The SMILES string of the molecule is O=C(O)c1c(C2CCCCC2)cnnc1Cl. The number of hydrogen-bond acceptors (Lipinski definition) is 3. The van der Waals surface area contributed by atoms with Gasteiger partial charge >= 0.3 is 5.97 Å². The van der Waals surface area contributed by atoms with Gasteiger partial charge in [-0.15, -0.1) is 5.10 Å². The Morgan fingerprint density at radius 1 is 1.38 bits per heavy atom. The number of hydrogen-bond donors (Lipinski definition) is 1. The lowest BCUT2D eigenvalue weighted by molar-refractivity contribution is 0.0694. The molecule has 86 valence electrons. The Kier molecular flexibility index (Phi) is 3.39. The van der Waals surface area contributed by atoms with Crippen LogP contribution < -0.4 is 0 Å². The molecule has 0 spiro atoms. The maximum absolute atomic E-state index is 11.1. The second-order valence-electron chi connectivity index (χ2n) is 4.11. The minimum Gasteiger partial charge on any atom is -0.478 e. The number of aromatic carboxylic acids is 1. The molecule has 0 atom stereocenters. The minimum atomic E-state index is -1.01. The maximum Gasteiger partial charge on any atom is 0.339 e. The summed E-state index contributed by atoms with van der Waals surface area (Å²) in [6.07, 6.45) is 7.09. The van der Waals surface area contributed by atoms with Crippen LogP contribution >= 0.6 is 11.6 Å². The second-order valence-corrected chi connectivity index (χ2v) is 4.46. The van der Waals surface area contributed by atoms with E-state index in [1.165, 1.54) is 6.42 Å². The molecule has 2 rings (SSSR count). The van der Waals surface area contributed by atoms with Crippen LogP contribution in [0.1, 0.15) is 53.9 Å². The first-order chi connectivity index (χ1) is 7.70. The summed E-state index contributed by atoms with van der Waals surface area (Å²) in [5, 5.41) is 16.5. The van der Waals surface area contributed by atoms with E-state index in [-0.39, 0.29) is 16.6 Å². The maximum atomic E-state index is 11.1. The van der Waals surface area contributed by atoms with Crippen molar-refractivity contribution in [1.29, 1.82) is 0 Å². The van der Waals surface area contributed by atoms with Crippen LogP contribution in [-0.2, 0) is 0 Å². The summed E-state index contributed by atoms with van der Waals surface area (Å²) in [4.78, 5) is 11.1. The van der Waals surface area contributed by atoms with Crippen LogP contribution in [0, 0.1) is 0 Å². The highest BCUT2D eigenvalue weighted by Gasteiger charge is 2.24. The van der Waals surface area contributed by atoms with Gasteiger partial charge in [0.1, 0.15) is 5.56 Å². The molecule has 1 heterocycles. The van der Waals surface area contributed by atoms with Crippen molar-refractivity contribution >= 4 is 17.6 Å². The predicted octanol–water partition coefficient (Wildman–Crippen LogP) is 2.88. The number of aromatic nitrogens is 2. The van der Waals surface area contributed by atoms with Crippen molar-refractivity contribution in [2.75, 3.05) is 0 Å². The van der Waals surface area contributed by atoms with E-state index in [1.807, 2.05) is 0 Å². The molecule has 0 amide bonds. The van der Waals surface area contributed by atoms with Gasteiger partial charge in [0.15, 0.2) is 5.15 Å². The quantitative estimate of drug-likeness (QED) is 0.863. The highest BCUT2D eigenvalue weighted by Crippen LogP contribution is 2.35. The van der Waals surface area contributed by atoms with Crippen molar-refractivity contribution in [3.8, 4) is 0 Å². The van der Waals surface area contributed by atoms with Crippen molar-refractivity contribution in [2.24, 2.45) is 0 Å². The number of carbonyl (C=O) groups is 1. The molecule has 0 bridgehead atoms. The van der Waals surface area contributed by atoms with Gasteiger partial charge in [0.25, 0.3) is 0 Å². The monoisotopic (exact) mass is 240 g/mol. The molecule has 4 nitrogen and oxygen atoms in total. The molecule has 16 heavy (non-hydrogen) atoms. The lowest BCUT2D eigenvalue weighted by Crippen LogP contribution is -2.12. The Bertz CT molecular complexity index is 403. The standard InChI is InChI=1S/C11H13ClN2O2/c12-10-9(11(15)16)8(6-13-14-10)7-4-2-1-3-5-7/h6-7H,1-5H2,(H,15,16). The van der Waals surface area contributed by atoms with E-state index < -0.39 is 5.97 Å². The van der Waals surface area contributed by atoms with E-state index in [9.17, 15) is 4.79 Å². The molecular formula is C11H13ClN2O2. The Hall–Kier alpha value is -1.16. The van der Waals surface area contributed by atoms with Gasteiger partial charge in [0.05, 0.1) is 6.20 Å². The van der Waals surface area contributed by atoms with Crippen molar-refractivity contribution in [3.63, 3.8) is 0 Å². The molecular weight excluding hydrogens is 228 g/mol. The summed E-state index contributed by atoms with van der Waals surface area (Å²) < 4.78 is 0. The molecule has 1 saturated carbocycles. The van der Waals surface area contributed by atoms with Gasteiger partial charge in [-0.25, -0.2) is 4.79 Å². The lowest BCUT2D eigenvalue weighted by atomic mass is 9.83. The van der Waals surface area contributed by atoms with Crippen LogP contribution in [0.5, 0.6) is 0 Å². The molecule has 1 fully saturated rings. The van der Waals surface area contributed by atoms with Crippen molar-refractivity contribution in [2.45, 2.75) is 38.0 Å². The zero-order valence-corrected chi connectivity index (χ0v) is 9.57. The molecule has 0 saturated heterocycles. The van der Waals surface area contributed by atoms with E-state index in [0.29, 0.717) is 0 Å². The van der Waals surface area contributed by atoms with Crippen LogP contribution in [0.4, 0.5) is 0 Å². The fourth-order valence-corrected chi connectivity index (χ4v) is 2.54. The summed E-state index contributed by atoms with van der Waals surface area (Å²) in [7, 11) is 0. The van der Waals surface area contributed by atoms with E-state index in [2.05, 4.69) is 10.2 Å². The number of carboxylic acid groups (broad SMARTS) is 1. The predicted molar refractivity (Wildman–Crippen MR) is 59.8 cm³/mol. The molecule has 0 radical (unpaired) electrons. The van der Waals surface area contributed by atoms with E-state index in [4.69, 9.17) is 16.7 Å². The minimum absolute atomic E-state index is 0.00410. The summed E-state index contributed by atoms with van der Waals surface area (Å²) in [6.45, 7) is 0. The van der Waals surface area contributed by atoms with E-state index in [1.54, 1.807) is 6.20 Å². The first-order valence-corrected chi connectivity index (χ1v) is 5.82. The van der Waals surface area contributed by atoms with Crippen LogP contribution in [0.15, 0.2) is 6.20 Å². The molecule has 1 aromatic heterocycles. The molecule has 1 aliphatic rings. The lowest BCUT2D eigenvalue weighted by Gasteiger charge is -2.22. The van der Waals surface area contributed by atoms with Gasteiger partial charge in [-0.05, 0) is 24.3 Å². The molecule has 0 aliphatic heterocycles. The fourth-order valence-electron chi connectivity index (χ4n) is 2.31. The molecule has 0 aromatic carbocycles. The number of nitrogens with zero attached hydrogens (tertiary/aromatic N) is 2. The Balaban J connectivity index is 2.38. The van der Waals surface area contributed by atoms with Crippen LogP contribution in [-0.4, -0.2) is 21.3 Å². The van der Waals surface area contributed by atoms with Crippen molar-refractivity contribution in [1.82, 2.24) is 10.2 Å². The van der Waals surface area contributed by atoms with Crippen LogP contribution in [0.2, 0.25) is 5.15 Å². The Morgan fingerprint density at radius 3 is 2.69 bits per heavy atom. The third kappa shape index (κ3) is 2.16. The third-order valence-electron chi connectivity index (χ3n) is 3.10. The first-order valence-electron chi connectivity index (χ1n) is 5.44. The van der Waals surface area contributed by atoms with Crippen molar-refractivity contribution < 1.29 is 9.90 Å². The number of halogens is 1. The third-order valence-corrected chi connectivity index (χ3v) is 3.36. The van der Waals surface area contributed by atoms with Crippen molar-refractivity contribution in [3.05, 3.63) is 22.5 Å². The zero-order chi connectivity index (χ0) is 11.5. The summed E-state index contributed by atoms with van der Waals surface area (Å²) >= 11 is 5.79. The fraction of sp³-hybridized carbons (Fsp3) is 0.545. The summed E-state index contributed by atoms with van der Waals surface area (Å²) in [6, 6.07) is 0. The average molecular weight is 241 g/mol. The average Bonchev–Trinajstić information content (AvgIpc) is 2.29. The highest BCUT2D eigenvalue weighted by molar-refractivity contribution is 6.32. The molecule has 1 N–H and O–H groups in total. The molecule has 1 aromatic rings. The van der Waals surface area contributed by atoms with Crippen LogP contribution in [0.25, 0.3) is 0 Å². The number of carboxylic acids is 1. The van der Waals surface area contributed by atoms with Crippen LogP contribution in [0.3, 0.4) is 0 Å². The summed E-state index contributed by atoms with van der Waals surface area (Å²) in [5.41, 5.74) is 0.871. The topological polar surface area (TPSA) is 63.1 Å². The number of rotatable bonds is 2. The van der Waals surface area contributed by atoms with Gasteiger partial charge in [-0.2, -0.15) is 5.10 Å². The smallest absolute Gasteiger partial charge is 0.339 e. The Morgan fingerprint density at radius 2 is 2.06 bits per heavy atom.